The maximum atomic E-state index is 10.8. The summed E-state index contributed by atoms with van der Waals surface area (Å²) in [6.45, 7) is 0.219. The minimum absolute atomic E-state index is 0.0176. The van der Waals surface area contributed by atoms with E-state index in [2.05, 4.69) is 15.0 Å². The van der Waals surface area contributed by atoms with Crippen molar-refractivity contribution in [3.63, 3.8) is 0 Å². The number of nitrogens with zero attached hydrogens (tertiary/aromatic N) is 1. The van der Waals surface area contributed by atoms with Crippen LogP contribution in [0.1, 0.15) is 5.01 Å². The zero-order chi connectivity index (χ0) is 9.52. The first-order valence-electron chi connectivity index (χ1n) is 3.73. The van der Waals surface area contributed by atoms with Gasteiger partial charge in [-0.05, 0) is 0 Å². The highest BCUT2D eigenvalue weighted by atomic mass is 32.1. The zero-order valence-corrected chi connectivity index (χ0v) is 7.71. The molecule has 0 atom stereocenters. The highest BCUT2D eigenvalue weighted by molar-refractivity contribution is 7.09. The third-order valence-electron chi connectivity index (χ3n) is 1.19. The molecule has 72 valence electrons. The normalized spacial score (nSPS) is 9.62. The second-order valence-corrected chi connectivity index (χ2v) is 3.12. The molecule has 0 saturated heterocycles. The molecule has 0 fully saturated rings. The van der Waals surface area contributed by atoms with Crippen LogP contribution in [-0.4, -0.2) is 29.4 Å². The molecule has 0 bridgehead atoms. The van der Waals surface area contributed by atoms with Crippen molar-refractivity contribution in [2.75, 3.05) is 13.2 Å². The van der Waals surface area contributed by atoms with Gasteiger partial charge in [0.1, 0.15) is 11.6 Å². The molecule has 6 heteroatoms. The summed E-state index contributed by atoms with van der Waals surface area (Å²) in [6, 6.07) is 0. The first kappa shape index (κ1) is 9.94. The van der Waals surface area contributed by atoms with Crippen molar-refractivity contribution in [1.82, 2.24) is 10.3 Å². The minimum Gasteiger partial charge on any atom is -0.447 e. The Morgan fingerprint density at radius 1 is 1.77 bits per heavy atom. The highest BCUT2D eigenvalue weighted by Crippen LogP contribution is 2.02. The number of aromatic nitrogens is 1. The minimum atomic E-state index is -0.538. The van der Waals surface area contributed by atoms with Crippen LogP contribution in [-0.2, 0) is 11.3 Å². The number of nitrogens with one attached hydrogen (secondary N) is 1. The van der Waals surface area contributed by atoms with Gasteiger partial charge in [0.15, 0.2) is 0 Å². The molecule has 0 radical (unpaired) electrons. The number of hydrogen-bond acceptors (Lipinski definition) is 5. The number of alkyl carbamates (subject to hydrolysis) is 1. The summed E-state index contributed by atoms with van der Waals surface area (Å²) >= 11 is 1.46. The predicted octanol–water partition coefficient (Wildman–Crippen LogP) is 0.362. The molecule has 0 unspecified atom stereocenters. The van der Waals surface area contributed by atoms with Gasteiger partial charge < -0.3 is 15.2 Å². The van der Waals surface area contributed by atoms with Crippen molar-refractivity contribution in [2.24, 2.45) is 0 Å². The average molecular weight is 202 g/mol. The van der Waals surface area contributed by atoms with Crippen LogP contribution in [0.4, 0.5) is 4.79 Å². The Morgan fingerprint density at radius 3 is 3.23 bits per heavy atom. The standard InChI is InChI=1S/C7H10N2O3S/c10-2-3-12-7(11)9-5-6-8-1-4-13-6/h1,4,10H,2-3,5H2,(H,9,11). The Hall–Kier alpha value is -1.14. The molecule has 5 nitrogen and oxygen atoms in total. The topological polar surface area (TPSA) is 71.5 Å². The van der Waals surface area contributed by atoms with Gasteiger partial charge in [0.25, 0.3) is 0 Å². The average Bonchev–Trinajstić information content (AvgIpc) is 2.64. The molecule has 0 aliphatic rings. The van der Waals surface area contributed by atoms with Crippen LogP contribution in [0.15, 0.2) is 11.6 Å². The lowest BCUT2D eigenvalue weighted by molar-refractivity contribution is 0.119. The maximum absolute atomic E-state index is 10.8. The second kappa shape index (κ2) is 5.50. The van der Waals surface area contributed by atoms with E-state index in [-0.39, 0.29) is 13.2 Å². The quantitative estimate of drug-likeness (QED) is 0.739. The number of aliphatic hydroxyl groups is 1. The Kier molecular flexibility index (Phi) is 4.20. The van der Waals surface area contributed by atoms with Crippen molar-refractivity contribution >= 4 is 17.4 Å². The number of ether oxygens (including phenoxy) is 1. The van der Waals surface area contributed by atoms with Crippen LogP contribution in [0, 0.1) is 0 Å². The predicted molar refractivity (Wildman–Crippen MR) is 47.4 cm³/mol. The SMILES string of the molecule is O=C(NCc1nccs1)OCCO. The molecule has 1 aromatic heterocycles. The molecule has 0 aliphatic heterocycles. The lowest BCUT2D eigenvalue weighted by atomic mass is 10.7. The number of rotatable bonds is 4. The molecule has 0 aromatic carbocycles. The Labute approximate surface area is 79.4 Å². The fourth-order valence-electron chi connectivity index (χ4n) is 0.677. The van der Waals surface area contributed by atoms with E-state index in [4.69, 9.17) is 5.11 Å². The summed E-state index contributed by atoms with van der Waals surface area (Å²) in [7, 11) is 0. The molecule has 0 saturated carbocycles. The number of carbonyl (C=O) groups excluding carboxylic acids is 1. The van der Waals surface area contributed by atoms with E-state index in [1.54, 1.807) is 6.20 Å². The van der Waals surface area contributed by atoms with Gasteiger partial charge in [-0.2, -0.15) is 0 Å². The number of thiazole rings is 1. The van der Waals surface area contributed by atoms with Crippen LogP contribution in [0.3, 0.4) is 0 Å². The van der Waals surface area contributed by atoms with Crippen molar-refractivity contribution in [3.05, 3.63) is 16.6 Å². The van der Waals surface area contributed by atoms with Crippen molar-refractivity contribution in [2.45, 2.75) is 6.54 Å². The zero-order valence-electron chi connectivity index (χ0n) is 6.90. The van der Waals surface area contributed by atoms with E-state index >= 15 is 0 Å². The fourth-order valence-corrected chi connectivity index (χ4v) is 1.23. The molecule has 0 aliphatic carbocycles. The van der Waals surface area contributed by atoms with E-state index in [0.29, 0.717) is 6.54 Å². The van der Waals surface area contributed by atoms with Gasteiger partial charge in [-0.15, -0.1) is 11.3 Å². The van der Waals surface area contributed by atoms with E-state index in [9.17, 15) is 4.79 Å². The first-order valence-corrected chi connectivity index (χ1v) is 4.60. The summed E-state index contributed by atoms with van der Waals surface area (Å²) < 4.78 is 4.57. The Morgan fingerprint density at radius 2 is 2.62 bits per heavy atom. The van der Waals surface area contributed by atoms with Gasteiger partial charge in [0, 0.05) is 11.6 Å². The fraction of sp³-hybridized carbons (Fsp3) is 0.429. The second-order valence-electron chi connectivity index (χ2n) is 2.14. The molecule has 13 heavy (non-hydrogen) atoms. The number of aliphatic hydroxyl groups excluding tert-OH is 1. The summed E-state index contributed by atoms with van der Waals surface area (Å²) in [5, 5.41) is 13.5. The van der Waals surface area contributed by atoms with Crippen LogP contribution in [0.5, 0.6) is 0 Å². The van der Waals surface area contributed by atoms with Gasteiger partial charge in [-0.3, -0.25) is 0 Å². The van der Waals surface area contributed by atoms with Gasteiger partial charge in [0.05, 0.1) is 13.2 Å². The molecule has 0 spiro atoms. The van der Waals surface area contributed by atoms with Crippen molar-refractivity contribution < 1.29 is 14.6 Å². The van der Waals surface area contributed by atoms with Crippen LogP contribution < -0.4 is 5.32 Å². The van der Waals surface area contributed by atoms with E-state index in [1.165, 1.54) is 11.3 Å². The third-order valence-corrected chi connectivity index (χ3v) is 1.97. The molecule has 1 aromatic rings. The van der Waals surface area contributed by atoms with Crippen molar-refractivity contribution in [3.8, 4) is 0 Å². The van der Waals surface area contributed by atoms with Crippen LogP contribution in [0.25, 0.3) is 0 Å². The lowest BCUT2D eigenvalue weighted by Gasteiger charge is -2.02. The monoisotopic (exact) mass is 202 g/mol. The van der Waals surface area contributed by atoms with Crippen molar-refractivity contribution in [1.29, 1.82) is 0 Å². The third kappa shape index (κ3) is 3.86. The van der Waals surface area contributed by atoms with Gasteiger partial charge in [0.2, 0.25) is 0 Å². The van der Waals surface area contributed by atoms with Gasteiger partial charge in [-0.25, -0.2) is 9.78 Å². The lowest BCUT2D eigenvalue weighted by Crippen LogP contribution is -2.24. The van der Waals surface area contributed by atoms with Gasteiger partial charge >= 0.3 is 6.09 Å². The van der Waals surface area contributed by atoms with Crippen LogP contribution >= 0.6 is 11.3 Å². The summed E-state index contributed by atoms with van der Waals surface area (Å²) in [5.74, 6) is 0. The summed E-state index contributed by atoms with van der Waals surface area (Å²) in [6.07, 6.45) is 1.13. The molecule has 1 rings (SSSR count). The largest absolute Gasteiger partial charge is 0.447 e. The van der Waals surface area contributed by atoms with E-state index in [1.807, 2.05) is 5.38 Å². The van der Waals surface area contributed by atoms with Gasteiger partial charge in [-0.1, -0.05) is 0 Å². The number of hydrogen-bond donors (Lipinski definition) is 2. The maximum Gasteiger partial charge on any atom is 0.407 e. The summed E-state index contributed by atoms with van der Waals surface area (Å²) in [4.78, 5) is 14.8. The van der Waals surface area contributed by atoms with Crippen LogP contribution in [0.2, 0.25) is 0 Å². The number of amides is 1. The molecular weight excluding hydrogens is 192 g/mol. The molecule has 1 amide bonds. The molecule has 1 heterocycles. The first-order chi connectivity index (χ1) is 6.33. The smallest absolute Gasteiger partial charge is 0.407 e. The Bertz CT molecular complexity index is 250. The highest BCUT2D eigenvalue weighted by Gasteiger charge is 2.01. The molecule has 2 N–H and O–H groups in total. The number of carbonyl (C=O) groups is 1. The molecular formula is C7H10N2O3S. The summed E-state index contributed by atoms with van der Waals surface area (Å²) in [5.41, 5.74) is 0. The van der Waals surface area contributed by atoms with E-state index < -0.39 is 6.09 Å². The Balaban J connectivity index is 2.15. The van der Waals surface area contributed by atoms with E-state index in [0.717, 1.165) is 5.01 Å².